The maximum Gasteiger partial charge on any atom is 0.250 e. The quantitative estimate of drug-likeness (QED) is 0.369. The van der Waals surface area contributed by atoms with E-state index < -0.39 is 41.0 Å². The van der Waals surface area contributed by atoms with E-state index in [-0.39, 0.29) is 24.3 Å². The molecule has 5 rings (SSSR count). The lowest BCUT2D eigenvalue weighted by molar-refractivity contribution is -0.148. The molecule has 3 heterocycles. The van der Waals surface area contributed by atoms with E-state index in [2.05, 4.69) is 10.6 Å². The van der Waals surface area contributed by atoms with Gasteiger partial charge in [0.1, 0.15) is 23.1 Å². The summed E-state index contributed by atoms with van der Waals surface area (Å²) in [6.07, 6.45) is 1.66. The molecule has 0 aromatic heterocycles. The fourth-order valence-electron chi connectivity index (χ4n) is 7.14. The molecule has 1 spiro atoms. The number of benzene rings is 2. The Bertz CT molecular complexity index is 1320. The molecular formula is C32H41N3O7. The number of carbonyl (C=O) groups is 3. The van der Waals surface area contributed by atoms with Gasteiger partial charge >= 0.3 is 0 Å². The number of rotatable bonds is 11. The van der Waals surface area contributed by atoms with Crippen molar-refractivity contribution in [2.45, 2.75) is 70.2 Å². The Morgan fingerprint density at radius 2 is 1.62 bits per heavy atom. The number of fused-ring (bicyclic) bond motifs is 1. The predicted molar refractivity (Wildman–Crippen MR) is 157 cm³/mol. The summed E-state index contributed by atoms with van der Waals surface area (Å²) in [7, 11) is 1.57. The summed E-state index contributed by atoms with van der Waals surface area (Å²) in [6, 6.07) is 12.4. The molecule has 10 heteroatoms. The summed E-state index contributed by atoms with van der Waals surface area (Å²) >= 11 is 0. The van der Waals surface area contributed by atoms with Gasteiger partial charge in [0.05, 0.1) is 43.8 Å². The van der Waals surface area contributed by atoms with Crippen molar-refractivity contribution in [3.63, 3.8) is 0 Å². The van der Waals surface area contributed by atoms with Crippen LogP contribution in [0.15, 0.2) is 48.5 Å². The first kappa shape index (κ1) is 29.8. The number of hydrogen-bond donors (Lipinski definition) is 3. The molecule has 3 amide bonds. The highest BCUT2D eigenvalue weighted by molar-refractivity contribution is 6.05. The Balaban J connectivity index is 1.50. The first-order valence-corrected chi connectivity index (χ1v) is 14.7. The average molecular weight is 580 g/mol. The highest BCUT2D eigenvalue weighted by atomic mass is 16.5. The summed E-state index contributed by atoms with van der Waals surface area (Å²) < 4.78 is 17.4. The number of anilines is 2. The number of hydrogen-bond acceptors (Lipinski definition) is 7. The third kappa shape index (κ3) is 4.90. The van der Waals surface area contributed by atoms with Crippen molar-refractivity contribution < 1.29 is 33.7 Å². The fraction of sp³-hybridized carbons (Fsp3) is 0.531. The minimum absolute atomic E-state index is 0.0885. The lowest BCUT2D eigenvalue weighted by atomic mass is 9.66. The van der Waals surface area contributed by atoms with Gasteiger partial charge < -0.3 is 34.9 Å². The van der Waals surface area contributed by atoms with Gasteiger partial charge in [0.15, 0.2) is 0 Å². The third-order valence-corrected chi connectivity index (χ3v) is 9.38. The van der Waals surface area contributed by atoms with Crippen LogP contribution in [-0.2, 0) is 19.1 Å². The van der Waals surface area contributed by atoms with Crippen LogP contribution in [0.3, 0.4) is 0 Å². The normalized spacial score (nSPS) is 29.1. The van der Waals surface area contributed by atoms with Crippen LogP contribution < -0.4 is 20.1 Å². The van der Waals surface area contributed by atoms with E-state index in [1.54, 1.807) is 55.6 Å². The summed E-state index contributed by atoms with van der Waals surface area (Å²) in [5, 5.41) is 16.4. The summed E-state index contributed by atoms with van der Waals surface area (Å²) in [6.45, 7) is 7.91. The van der Waals surface area contributed by atoms with Crippen molar-refractivity contribution in [3.05, 3.63) is 48.5 Å². The van der Waals surface area contributed by atoms with Gasteiger partial charge in [-0.1, -0.05) is 20.3 Å². The van der Waals surface area contributed by atoms with Gasteiger partial charge in [-0.2, -0.15) is 0 Å². The largest absolute Gasteiger partial charge is 0.497 e. The number of nitrogens with zero attached hydrogens (tertiary/aromatic N) is 1. The van der Waals surface area contributed by atoms with Crippen LogP contribution in [0, 0.1) is 17.8 Å². The topological polar surface area (TPSA) is 126 Å². The van der Waals surface area contributed by atoms with Crippen LogP contribution in [0.25, 0.3) is 0 Å². The van der Waals surface area contributed by atoms with Gasteiger partial charge in [-0.3, -0.25) is 14.4 Å². The number of amides is 3. The lowest BCUT2D eigenvalue weighted by Gasteiger charge is -2.39. The van der Waals surface area contributed by atoms with Gasteiger partial charge in [0.2, 0.25) is 17.7 Å². The Morgan fingerprint density at radius 3 is 2.17 bits per heavy atom. The van der Waals surface area contributed by atoms with Crippen molar-refractivity contribution in [1.29, 1.82) is 0 Å². The zero-order valence-electron chi connectivity index (χ0n) is 24.9. The highest BCUT2D eigenvalue weighted by Gasteiger charge is 2.78. The molecule has 3 N–H and O–H groups in total. The third-order valence-electron chi connectivity index (χ3n) is 9.38. The van der Waals surface area contributed by atoms with Gasteiger partial charge in [0, 0.05) is 11.4 Å². The van der Waals surface area contributed by atoms with Gasteiger partial charge in [-0.25, -0.2) is 0 Å². The number of methoxy groups -OCH3 is 1. The monoisotopic (exact) mass is 579 g/mol. The van der Waals surface area contributed by atoms with Crippen LogP contribution in [0.1, 0.15) is 47.0 Å². The summed E-state index contributed by atoms with van der Waals surface area (Å²) in [5.41, 5.74) is -1.01. The number of ether oxygens (including phenoxy) is 3. The van der Waals surface area contributed by atoms with Gasteiger partial charge in [-0.05, 0) is 81.1 Å². The molecule has 2 aromatic carbocycles. The molecule has 3 saturated heterocycles. The Hall–Kier alpha value is -3.63. The van der Waals surface area contributed by atoms with Crippen LogP contribution in [0.2, 0.25) is 0 Å². The SMILES string of the molecule is CCOc1ccc(NC(=O)[C@H]2[C@H]3C(=O)N([C@@H](CO)[C@@H](C)CC)C(C(=O)Nc4ccc(OC)cc4)C34CC[C@]2(C)O4)cc1. The maximum atomic E-state index is 14.4. The second-order valence-corrected chi connectivity index (χ2v) is 11.8. The maximum absolute atomic E-state index is 14.4. The number of aliphatic hydroxyl groups excluding tert-OH is 1. The molecule has 42 heavy (non-hydrogen) atoms. The number of likely N-dealkylation sites (tertiary alicyclic amines) is 1. The molecule has 0 radical (unpaired) electrons. The molecule has 7 atom stereocenters. The molecule has 2 aromatic rings. The van der Waals surface area contributed by atoms with Crippen molar-refractivity contribution in [3.8, 4) is 11.5 Å². The van der Waals surface area contributed by atoms with E-state index in [0.29, 0.717) is 48.7 Å². The minimum Gasteiger partial charge on any atom is -0.497 e. The molecule has 3 aliphatic rings. The van der Waals surface area contributed by atoms with Crippen LogP contribution in [0.4, 0.5) is 11.4 Å². The molecule has 0 aliphatic carbocycles. The molecular weight excluding hydrogens is 538 g/mol. The van der Waals surface area contributed by atoms with Crippen molar-refractivity contribution in [2.24, 2.45) is 17.8 Å². The number of nitrogens with one attached hydrogen (secondary N) is 2. The van der Waals surface area contributed by atoms with Crippen LogP contribution in [-0.4, -0.2) is 71.3 Å². The van der Waals surface area contributed by atoms with E-state index in [0.717, 1.165) is 0 Å². The van der Waals surface area contributed by atoms with E-state index >= 15 is 0 Å². The molecule has 3 fully saturated rings. The second kappa shape index (κ2) is 11.6. The zero-order chi connectivity index (χ0) is 30.2. The Kier molecular flexibility index (Phi) is 8.22. The van der Waals surface area contributed by atoms with Gasteiger partial charge in [0.25, 0.3) is 0 Å². The van der Waals surface area contributed by atoms with E-state index in [1.165, 1.54) is 4.90 Å². The molecule has 10 nitrogen and oxygen atoms in total. The number of carbonyl (C=O) groups excluding carboxylic acids is 3. The Morgan fingerprint density at radius 1 is 1.02 bits per heavy atom. The standard InChI is InChI=1S/C32H41N3O7/c1-6-19(3)24(18-36)35-27(29(38)34-21-8-12-22(40-5)13-9-21)32-17-16-31(4,42-32)25(26(32)30(35)39)28(37)33-20-10-14-23(15-11-20)41-7-2/h8-15,19,24-27,36H,6-7,16-18H2,1-5H3,(H,33,37)(H,34,38)/t19-,24-,25+,26-,27?,31-,32?/m0/s1. The zero-order valence-corrected chi connectivity index (χ0v) is 24.9. The van der Waals surface area contributed by atoms with Crippen molar-refractivity contribution >= 4 is 29.1 Å². The van der Waals surface area contributed by atoms with E-state index in [1.807, 2.05) is 27.7 Å². The average Bonchev–Trinajstić information content (AvgIpc) is 3.55. The second-order valence-electron chi connectivity index (χ2n) is 11.8. The molecule has 2 unspecified atom stereocenters. The molecule has 2 bridgehead atoms. The van der Waals surface area contributed by atoms with E-state index in [9.17, 15) is 19.5 Å². The molecule has 3 aliphatic heterocycles. The first-order valence-electron chi connectivity index (χ1n) is 14.7. The smallest absolute Gasteiger partial charge is 0.250 e. The van der Waals surface area contributed by atoms with Crippen molar-refractivity contribution in [2.75, 3.05) is 31.0 Å². The van der Waals surface area contributed by atoms with Crippen molar-refractivity contribution in [1.82, 2.24) is 4.90 Å². The first-order chi connectivity index (χ1) is 20.1. The van der Waals surface area contributed by atoms with E-state index in [4.69, 9.17) is 14.2 Å². The lowest BCUT2D eigenvalue weighted by Crippen LogP contribution is -2.57. The molecule has 226 valence electrons. The highest BCUT2D eigenvalue weighted by Crippen LogP contribution is 2.63. The predicted octanol–water partition coefficient (Wildman–Crippen LogP) is 3.84. The summed E-state index contributed by atoms with van der Waals surface area (Å²) in [5.74, 6) is -1.51. The van der Waals surface area contributed by atoms with Gasteiger partial charge in [-0.15, -0.1) is 0 Å². The fourth-order valence-corrected chi connectivity index (χ4v) is 7.14. The Labute approximate surface area is 246 Å². The number of aliphatic hydroxyl groups is 1. The minimum atomic E-state index is -1.20. The molecule has 0 saturated carbocycles. The summed E-state index contributed by atoms with van der Waals surface area (Å²) in [4.78, 5) is 44.0. The van der Waals surface area contributed by atoms with Crippen LogP contribution >= 0.6 is 0 Å². The van der Waals surface area contributed by atoms with Crippen LogP contribution in [0.5, 0.6) is 11.5 Å².